The molecule has 1 aromatic carbocycles. The molecule has 1 fully saturated rings. The van der Waals surface area contributed by atoms with Gasteiger partial charge in [0.15, 0.2) is 5.78 Å². The number of thiophene rings is 1. The molecule has 3 heteroatoms. The minimum Gasteiger partial charge on any atom is -0.293 e. The SMILES string of the molecule is Cc1cc(I)c(C)c(C)c1C.O=C(c1cccs1)C1CC1. The molecule has 21 heavy (non-hydrogen) atoms. The third-order valence-electron chi connectivity index (χ3n) is 4.13. The lowest BCUT2D eigenvalue weighted by Crippen LogP contribution is -1.96. The van der Waals surface area contributed by atoms with Crippen molar-refractivity contribution < 1.29 is 4.79 Å². The molecule has 3 rings (SSSR count). The average Bonchev–Trinajstić information content (AvgIpc) is 3.17. The average molecular weight is 412 g/mol. The van der Waals surface area contributed by atoms with Crippen LogP contribution >= 0.6 is 33.9 Å². The number of carbonyl (C=O) groups is 1. The molecule has 0 saturated heterocycles. The Morgan fingerprint density at radius 1 is 1.14 bits per heavy atom. The molecule has 1 heterocycles. The first-order valence-corrected chi connectivity index (χ1v) is 9.18. The van der Waals surface area contributed by atoms with E-state index in [1.165, 1.54) is 25.8 Å². The molecular weight excluding hydrogens is 391 g/mol. The fourth-order valence-corrected chi connectivity index (χ4v) is 3.74. The number of rotatable bonds is 2. The van der Waals surface area contributed by atoms with Gasteiger partial charge in [-0.15, -0.1) is 11.3 Å². The summed E-state index contributed by atoms with van der Waals surface area (Å²) in [6, 6.07) is 6.09. The lowest BCUT2D eigenvalue weighted by atomic mass is 10.0. The Labute approximate surface area is 144 Å². The minimum absolute atomic E-state index is 0.356. The molecule has 1 aromatic heterocycles. The van der Waals surface area contributed by atoms with Gasteiger partial charge in [-0.25, -0.2) is 0 Å². The van der Waals surface area contributed by atoms with Gasteiger partial charge in [-0.1, -0.05) is 6.07 Å². The van der Waals surface area contributed by atoms with Crippen molar-refractivity contribution in [1.82, 2.24) is 0 Å². The second-order valence-corrected chi connectivity index (χ2v) is 7.78. The van der Waals surface area contributed by atoms with Gasteiger partial charge in [-0.3, -0.25) is 4.79 Å². The number of ketones is 1. The van der Waals surface area contributed by atoms with Crippen LogP contribution in [0.5, 0.6) is 0 Å². The summed E-state index contributed by atoms with van der Waals surface area (Å²) in [4.78, 5) is 12.2. The summed E-state index contributed by atoms with van der Waals surface area (Å²) in [5.41, 5.74) is 5.70. The highest BCUT2D eigenvalue weighted by molar-refractivity contribution is 14.1. The molecule has 2 aromatic rings. The van der Waals surface area contributed by atoms with Gasteiger partial charge in [0.1, 0.15) is 0 Å². The van der Waals surface area contributed by atoms with Crippen LogP contribution < -0.4 is 0 Å². The number of halogens is 1. The van der Waals surface area contributed by atoms with Crippen LogP contribution in [-0.2, 0) is 0 Å². The molecule has 0 bridgehead atoms. The molecule has 1 aliphatic carbocycles. The normalized spacial score (nSPS) is 13.6. The Balaban J connectivity index is 0.000000154. The number of carbonyl (C=O) groups excluding carboxylic acids is 1. The standard InChI is InChI=1S/C10H13I.C8H8OS/c1-6-5-10(11)9(4)8(3)7(6)2;9-8(6-3-4-6)7-2-1-5-10-7/h5H,1-4H3;1-2,5-6H,3-4H2. The van der Waals surface area contributed by atoms with E-state index >= 15 is 0 Å². The fourth-order valence-electron chi connectivity index (χ4n) is 2.13. The number of aryl methyl sites for hydroxylation is 1. The number of benzene rings is 1. The molecule has 0 N–H and O–H groups in total. The number of hydrogen-bond donors (Lipinski definition) is 0. The lowest BCUT2D eigenvalue weighted by Gasteiger charge is -2.09. The van der Waals surface area contributed by atoms with Crippen molar-refractivity contribution >= 4 is 39.7 Å². The predicted octanol–water partition coefficient (Wildman–Crippen LogP) is 5.87. The first-order valence-electron chi connectivity index (χ1n) is 7.22. The van der Waals surface area contributed by atoms with E-state index in [2.05, 4.69) is 56.4 Å². The van der Waals surface area contributed by atoms with E-state index in [-0.39, 0.29) is 0 Å². The van der Waals surface area contributed by atoms with Gasteiger partial charge >= 0.3 is 0 Å². The summed E-state index contributed by atoms with van der Waals surface area (Å²) in [5.74, 6) is 0.730. The zero-order valence-electron chi connectivity index (χ0n) is 13.0. The van der Waals surface area contributed by atoms with Crippen molar-refractivity contribution in [3.8, 4) is 0 Å². The van der Waals surface area contributed by atoms with E-state index in [1.807, 2.05) is 17.5 Å². The summed E-state index contributed by atoms with van der Waals surface area (Å²) < 4.78 is 1.38. The van der Waals surface area contributed by atoms with Crippen LogP contribution in [0.15, 0.2) is 23.6 Å². The highest BCUT2D eigenvalue weighted by Gasteiger charge is 2.30. The van der Waals surface area contributed by atoms with Crippen LogP contribution in [0.2, 0.25) is 0 Å². The first-order chi connectivity index (χ1) is 9.91. The molecule has 1 nitrogen and oxygen atoms in total. The van der Waals surface area contributed by atoms with Crippen molar-refractivity contribution in [3.05, 3.63) is 54.3 Å². The van der Waals surface area contributed by atoms with Gasteiger partial charge in [0, 0.05) is 9.49 Å². The first kappa shape index (κ1) is 16.7. The Morgan fingerprint density at radius 3 is 2.33 bits per heavy atom. The molecule has 1 saturated carbocycles. The maximum absolute atomic E-state index is 11.3. The molecule has 112 valence electrons. The van der Waals surface area contributed by atoms with Crippen molar-refractivity contribution in [2.75, 3.05) is 0 Å². The Bertz CT molecular complexity index is 613. The van der Waals surface area contributed by atoms with Crippen LogP contribution in [0, 0.1) is 37.2 Å². The maximum atomic E-state index is 11.3. The van der Waals surface area contributed by atoms with Crippen LogP contribution in [0.1, 0.15) is 44.8 Å². The molecule has 0 spiro atoms. The van der Waals surface area contributed by atoms with Gasteiger partial charge in [-0.2, -0.15) is 0 Å². The van der Waals surface area contributed by atoms with Crippen molar-refractivity contribution in [1.29, 1.82) is 0 Å². The molecule has 1 aliphatic rings. The smallest absolute Gasteiger partial charge is 0.175 e. The van der Waals surface area contributed by atoms with Crippen LogP contribution in [-0.4, -0.2) is 5.78 Å². The molecule has 0 amide bonds. The van der Waals surface area contributed by atoms with E-state index < -0.39 is 0 Å². The van der Waals surface area contributed by atoms with E-state index in [1.54, 1.807) is 11.3 Å². The van der Waals surface area contributed by atoms with Crippen LogP contribution in [0.3, 0.4) is 0 Å². The van der Waals surface area contributed by atoms with Crippen LogP contribution in [0.4, 0.5) is 0 Å². The van der Waals surface area contributed by atoms with E-state index in [0.29, 0.717) is 11.7 Å². The molecule has 0 radical (unpaired) electrons. The summed E-state index contributed by atoms with van der Waals surface area (Å²) in [6.45, 7) is 8.74. The second-order valence-electron chi connectivity index (χ2n) is 5.67. The predicted molar refractivity (Wildman–Crippen MR) is 99.5 cm³/mol. The van der Waals surface area contributed by atoms with E-state index in [4.69, 9.17) is 0 Å². The Hall–Kier alpha value is -0.680. The van der Waals surface area contributed by atoms with E-state index in [0.717, 1.165) is 17.7 Å². The minimum atomic E-state index is 0.356. The molecule has 0 aliphatic heterocycles. The highest BCUT2D eigenvalue weighted by Crippen LogP contribution is 2.33. The zero-order chi connectivity index (χ0) is 15.6. The number of Topliss-reactive ketones (excluding diaryl/α,β-unsaturated/α-hetero) is 1. The van der Waals surface area contributed by atoms with Crippen molar-refractivity contribution in [3.63, 3.8) is 0 Å². The summed E-state index contributed by atoms with van der Waals surface area (Å²) >= 11 is 3.94. The fraction of sp³-hybridized carbons (Fsp3) is 0.389. The molecule has 0 atom stereocenters. The maximum Gasteiger partial charge on any atom is 0.175 e. The summed E-state index contributed by atoms with van der Waals surface area (Å²) in [7, 11) is 0. The van der Waals surface area contributed by atoms with E-state index in [9.17, 15) is 4.79 Å². The van der Waals surface area contributed by atoms with Gasteiger partial charge in [0.2, 0.25) is 0 Å². The van der Waals surface area contributed by atoms with Gasteiger partial charge in [0.25, 0.3) is 0 Å². The summed E-state index contributed by atoms with van der Waals surface area (Å²) in [6.07, 6.45) is 2.22. The Kier molecular flexibility index (Phi) is 5.60. The Morgan fingerprint density at radius 2 is 1.81 bits per heavy atom. The largest absolute Gasteiger partial charge is 0.293 e. The monoisotopic (exact) mass is 412 g/mol. The molecular formula is C18H21IOS. The van der Waals surface area contributed by atoms with Gasteiger partial charge in [0.05, 0.1) is 4.88 Å². The zero-order valence-corrected chi connectivity index (χ0v) is 16.0. The number of hydrogen-bond acceptors (Lipinski definition) is 2. The third kappa shape index (κ3) is 4.16. The third-order valence-corrected chi connectivity index (χ3v) is 6.14. The summed E-state index contributed by atoms with van der Waals surface area (Å²) in [5, 5.41) is 1.95. The topological polar surface area (TPSA) is 17.1 Å². The lowest BCUT2D eigenvalue weighted by molar-refractivity contribution is 0.0971. The molecule has 0 unspecified atom stereocenters. The van der Waals surface area contributed by atoms with Crippen molar-refractivity contribution in [2.24, 2.45) is 5.92 Å². The van der Waals surface area contributed by atoms with Crippen LogP contribution in [0.25, 0.3) is 0 Å². The quantitative estimate of drug-likeness (QED) is 0.446. The second kappa shape index (κ2) is 7.05. The van der Waals surface area contributed by atoms with Gasteiger partial charge in [-0.05, 0) is 103 Å². The highest BCUT2D eigenvalue weighted by atomic mass is 127. The van der Waals surface area contributed by atoms with Gasteiger partial charge < -0.3 is 0 Å². The van der Waals surface area contributed by atoms with Crippen molar-refractivity contribution in [2.45, 2.75) is 40.5 Å².